The molecule has 0 aliphatic carbocycles. The Balaban J connectivity index is 2.18. The molecule has 0 aromatic carbocycles. The van der Waals surface area contributed by atoms with Crippen LogP contribution in [0.5, 0.6) is 0 Å². The maximum absolute atomic E-state index is 5.42. The van der Waals surface area contributed by atoms with Gasteiger partial charge >= 0.3 is 0 Å². The van der Waals surface area contributed by atoms with Crippen LogP contribution in [0.15, 0.2) is 6.07 Å². The van der Waals surface area contributed by atoms with E-state index in [1.54, 1.807) is 0 Å². The van der Waals surface area contributed by atoms with Crippen molar-refractivity contribution >= 4 is 0 Å². The minimum absolute atomic E-state index is 0.349. The molecule has 2 N–H and O–H groups in total. The highest BCUT2D eigenvalue weighted by Gasteiger charge is 2.18. The lowest BCUT2D eigenvalue weighted by Crippen LogP contribution is -2.35. The number of hydrogen-bond donors (Lipinski definition) is 2. The van der Waals surface area contributed by atoms with Crippen LogP contribution in [-0.4, -0.2) is 24.7 Å². The molecule has 0 amide bonds. The van der Waals surface area contributed by atoms with E-state index in [2.05, 4.69) is 30.2 Å². The van der Waals surface area contributed by atoms with Crippen LogP contribution in [0.4, 0.5) is 0 Å². The van der Waals surface area contributed by atoms with Crippen molar-refractivity contribution in [2.45, 2.75) is 19.9 Å². The summed E-state index contributed by atoms with van der Waals surface area (Å²) in [7, 11) is 0. The molecule has 1 aliphatic rings. The smallest absolute Gasteiger partial charge is 0.0713 e. The van der Waals surface area contributed by atoms with Crippen LogP contribution in [-0.2, 0) is 4.74 Å². The summed E-state index contributed by atoms with van der Waals surface area (Å²) >= 11 is 0. The van der Waals surface area contributed by atoms with Crippen LogP contribution < -0.4 is 5.32 Å². The van der Waals surface area contributed by atoms with E-state index < -0.39 is 0 Å². The van der Waals surface area contributed by atoms with E-state index in [1.807, 2.05) is 0 Å². The Morgan fingerprint density at radius 2 is 2.31 bits per heavy atom. The number of morpholine rings is 1. The zero-order valence-electron chi connectivity index (χ0n) is 8.18. The van der Waals surface area contributed by atoms with Gasteiger partial charge in [0.25, 0.3) is 0 Å². The lowest BCUT2D eigenvalue weighted by Gasteiger charge is -2.23. The lowest BCUT2D eigenvalue weighted by molar-refractivity contribution is 0.0755. The molecule has 1 fully saturated rings. The number of hydrogen-bond acceptors (Lipinski definition) is 2. The molecule has 72 valence electrons. The van der Waals surface area contributed by atoms with Crippen molar-refractivity contribution in [1.29, 1.82) is 0 Å². The molecular weight excluding hydrogens is 164 g/mol. The number of aromatic nitrogens is 1. The minimum atomic E-state index is 0.349. The number of H-pyrrole nitrogens is 1. The molecule has 0 radical (unpaired) electrons. The van der Waals surface area contributed by atoms with Crippen molar-refractivity contribution in [2.75, 3.05) is 19.8 Å². The Kier molecular flexibility index (Phi) is 2.38. The van der Waals surface area contributed by atoms with Gasteiger partial charge in [0.15, 0.2) is 0 Å². The minimum Gasteiger partial charge on any atom is -0.378 e. The van der Waals surface area contributed by atoms with Gasteiger partial charge in [-0.25, -0.2) is 0 Å². The van der Waals surface area contributed by atoms with E-state index >= 15 is 0 Å². The van der Waals surface area contributed by atoms with Crippen LogP contribution in [0.3, 0.4) is 0 Å². The molecule has 1 aliphatic heterocycles. The molecule has 0 unspecified atom stereocenters. The van der Waals surface area contributed by atoms with E-state index in [0.717, 1.165) is 19.8 Å². The molecule has 0 bridgehead atoms. The van der Waals surface area contributed by atoms with E-state index in [1.165, 1.54) is 17.0 Å². The van der Waals surface area contributed by atoms with Gasteiger partial charge in [0.2, 0.25) is 0 Å². The van der Waals surface area contributed by atoms with Crippen molar-refractivity contribution in [3.05, 3.63) is 23.0 Å². The molecule has 1 aromatic heterocycles. The first-order valence-electron chi connectivity index (χ1n) is 4.74. The number of rotatable bonds is 1. The highest BCUT2D eigenvalue weighted by Crippen LogP contribution is 2.19. The maximum Gasteiger partial charge on any atom is 0.0713 e. The number of aromatic amines is 1. The van der Waals surface area contributed by atoms with Crippen LogP contribution in [0.2, 0.25) is 0 Å². The molecule has 1 aromatic rings. The summed E-state index contributed by atoms with van der Waals surface area (Å²) in [5.41, 5.74) is 3.82. The SMILES string of the molecule is Cc1cc(C)c([C@H]2COCCN2)[nH]1. The molecule has 2 rings (SSSR count). The third-order valence-electron chi connectivity index (χ3n) is 2.46. The molecule has 1 atom stereocenters. The second-order valence-corrected chi connectivity index (χ2v) is 3.63. The normalized spacial score (nSPS) is 23.4. The zero-order valence-corrected chi connectivity index (χ0v) is 8.18. The summed E-state index contributed by atoms with van der Waals surface area (Å²) in [5, 5.41) is 3.43. The maximum atomic E-state index is 5.42. The van der Waals surface area contributed by atoms with Gasteiger partial charge in [-0.05, 0) is 25.5 Å². The monoisotopic (exact) mass is 180 g/mol. The van der Waals surface area contributed by atoms with Gasteiger partial charge in [0.05, 0.1) is 19.3 Å². The first kappa shape index (κ1) is 8.78. The first-order valence-corrected chi connectivity index (χ1v) is 4.74. The van der Waals surface area contributed by atoms with Crippen molar-refractivity contribution in [2.24, 2.45) is 0 Å². The predicted octanol–water partition coefficient (Wildman–Crippen LogP) is 1.29. The zero-order chi connectivity index (χ0) is 9.26. The second-order valence-electron chi connectivity index (χ2n) is 3.63. The molecule has 3 nitrogen and oxygen atoms in total. The van der Waals surface area contributed by atoms with E-state index in [0.29, 0.717) is 6.04 Å². The summed E-state index contributed by atoms with van der Waals surface area (Å²) in [4.78, 5) is 3.37. The van der Waals surface area contributed by atoms with E-state index in [4.69, 9.17) is 4.74 Å². The van der Waals surface area contributed by atoms with Crippen LogP contribution in [0.25, 0.3) is 0 Å². The van der Waals surface area contributed by atoms with Crippen LogP contribution >= 0.6 is 0 Å². The molecule has 13 heavy (non-hydrogen) atoms. The van der Waals surface area contributed by atoms with Crippen LogP contribution in [0.1, 0.15) is 23.0 Å². The summed E-state index contributed by atoms with van der Waals surface area (Å²) in [6.45, 7) is 6.77. The van der Waals surface area contributed by atoms with Crippen molar-refractivity contribution in [1.82, 2.24) is 10.3 Å². The topological polar surface area (TPSA) is 37.0 Å². The van der Waals surface area contributed by atoms with Gasteiger partial charge in [0, 0.05) is 17.9 Å². The number of aryl methyl sites for hydroxylation is 2. The Labute approximate surface area is 78.5 Å². The molecule has 3 heteroatoms. The van der Waals surface area contributed by atoms with Gasteiger partial charge in [-0.2, -0.15) is 0 Å². The Morgan fingerprint density at radius 3 is 2.85 bits per heavy atom. The highest BCUT2D eigenvalue weighted by atomic mass is 16.5. The fourth-order valence-corrected chi connectivity index (χ4v) is 1.86. The Bertz CT molecular complexity index is 287. The van der Waals surface area contributed by atoms with Crippen molar-refractivity contribution in [3.63, 3.8) is 0 Å². The average molecular weight is 180 g/mol. The van der Waals surface area contributed by atoms with Crippen molar-refractivity contribution in [3.8, 4) is 0 Å². The first-order chi connectivity index (χ1) is 6.27. The summed E-state index contributed by atoms with van der Waals surface area (Å²) in [6.07, 6.45) is 0. The number of nitrogens with one attached hydrogen (secondary N) is 2. The third kappa shape index (κ3) is 1.76. The van der Waals surface area contributed by atoms with Gasteiger partial charge in [-0.15, -0.1) is 0 Å². The third-order valence-corrected chi connectivity index (χ3v) is 2.46. The lowest BCUT2D eigenvalue weighted by atomic mass is 10.1. The fraction of sp³-hybridized carbons (Fsp3) is 0.600. The van der Waals surface area contributed by atoms with E-state index in [9.17, 15) is 0 Å². The standard InChI is InChI=1S/C10H16N2O/c1-7-5-8(2)12-10(7)9-6-13-4-3-11-9/h5,9,11-12H,3-4,6H2,1-2H3/t9-/m1/s1. The molecule has 2 heterocycles. The Hall–Kier alpha value is -0.800. The molecule has 1 saturated heterocycles. The predicted molar refractivity (Wildman–Crippen MR) is 51.8 cm³/mol. The van der Waals surface area contributed by atoms with Crippen molar-refractivity contribution < 1.29 is 4.74 Å². The van der Waals surface area contributed by atoms with Gasteiger partial charge < -0.3 is 15.0 Å². The summed E-state index contributed by atoms with van der Waals surface area (Å²) in [5.74, 6) is 0. The second kappa shape index (κ2) is 3.52. The van der Waals surface area contributed by atoms with Gasteiger partial charge in [-0.3, -0.25) is 0 Å². The summed E-state index contributed by atoms with van der Waals surface area (Å²) < 4.78 is 5.42. The number of ether oxygens (including phenoxy) is 1. The molecular formula is C10H16N2O. The fourth-order valence-electron chi connectivity index (χ4n) is 1.86. The molecule has 0 spiro atoms. The van der Waals surface area contributed by atoms with E-state index in [-0.39, 0.29) is 0 Å². The Morgan fingerprint density at radius 1 is 1.46 bits per heavy atom. The molecule has 0 saturated carbocycles. The summed E-state index contributed by atoms with van der Waals surface area (Å²) in [6, 6.07) is 2.52. The van der Waals surface area contributed by atoms with Crippen LogP contribution in [0, 0.1) is 13.8 Å². The van der Waals surface area contributed by atoms with Gasteiger partial charge in [-0.1, -0.05) is 0 Å². The largest absolute Gasteiger partial charge is 0.378 e. The van der Waals surface area contributed by atoms with Gasteiger partial charge in [0.1, 0.15) is 0 Å². The average Bonchev–Trinajstić information content (AvgIpc) is 2.47. The quantitative estimate of drug-likeness (QED) is 0.683. The highest BCUT2D eigenvalue weighted by molar-refractivity contribution is 5.26.